The van der Waals surface area contributed by atoms with Crippen molar-refractivity contribution in [3.05, 3.63) is 46.0 Å². The summed E-state index contributed by atoms with van der Waals surface area (Å²) in [6.07, 6.45) is 3.09. The number of benzene rings is 1. The van der Waals surface area contributed by atoms with Gasteiger partial charge in [-0.1, -0.05) is 12.1 Å². The zero-order valence-electron chi connectivity index (χ0n) is 12.2. The Hall–Kier alpha value is -2.21. The molecule has 1 aromatic rings. The van der Waals surface area contributed by atoms with Crippen LogP contribution in [-0.4, -0.2) is 40.9 Å². The zero-order chi connectivity index (χ0) is 15.4. The first kappa shape index (κ1) is 15.2. The molecule has 0 saturated carbocycles. The number of carbonyl (C=O) groups excluding carboxylic acids is 1. The summed E-state index contributed by atoms with van der Waals surface area (Å²) >= 11 is 0. The van der Waals surface area contributed by atoms with Gasteiger partial charge in [-0.3, -0.25) is 14.9 Å². The van der Waals surface area contributed by atoms with E-state index in [9.17, 15) is 14.9 Å². The number of carbonyl (C=O) groups is 1. The second-order valence-electron chi connectivity index (χ2n) is 5.40. The van der Waals surface area contributed by atoms with E-state index < -0.39 is 4.92 Å². The molecule has 0 aromatic heterocycles. The average Bonchev–Trinajstić information content (AvgIpc) is 2.44. The molecule has 0 aliphatic carbocycles. The largest absolute Gasteiger partial charge is 0.336 e. The molecule has 0 radical (unpaired) electrons. The maximum absolute atomic E-state index is 12.2. The van der Waals surface area contributed by atoms with Crippen molar-refractivity contribution >= 4 is 17.7 Å². The first-order valence-electron chi connectivity index (χ1n) is 6.93. The van der Waals surface area contributed by atoms with E-state index in [4.69, 9.17) is 0 Å². The molecule has 0 bridgehead atoms. The van der Waals surface area contributed by atoms with Crippen molar-refractivity contribution in [3.8, 4) is 0 Å². The lowest BCUT2D eigenvalue weighted by molar-refractivity contribution is -0.384. The number of nitro groups is 1. The smallest absolute Gasteiger partial charge is 0.270 e. The summed E-state index contributed by atoms with van der Waals surface area (Å²) in [7, 11) is 0. The molecule has 1 aliphatic heterocycles. The van der Waals surface area contributed by atoms with Gasteiger partial charge < -0.3 is 10.2 Å². The van der Waals surface area contributed by atoms with Crippen LogP contribution in [0.4, 0.5) is 5.69 Å². The maximum atomic E-state index is 12.2. The number of nitrogens with one attached hydrogen (secondary N) is 1. The second-order valence-corrected chi connectivity index (χ2v) is 5.40. The van der Waals surface area contributed by atoms with Crippen LogP contribution in [0.2, 0.25) is 0 Å². The maximum Gasteiger partial charge on any atom is 0.270 e. The first-order valence-corrected chi connectivity index (χ1v) is 6.93. The van der Waals surface area contributed by atoms with Gasteiger partial charge in [0.1, 0.15) is 0 Å². The Bertz CT molecular complexity index is 561. The quantitative estimate of drug-likeness (QED) is 0.523. The predicted molar refractivity (Wildman–Crippen MR) is 80.8 cm³/mol. The van der Waals surface area contributed by atoms with Gasteiger partial charge in [-0.05, 0) is 25.5 Å². The van der Waals surface area contributed by atoms with Crippen LogP contribution < -0.4 is 5.32 Å². The minimum absolute atomic E-state index is 0.0222. The standard InChI is InChI=1S/C15H19N3O3/c1-11-9-17(10-12(2)16-11)15(19)7-6-13-4-3-5-14(8-13)18(20)21/h3-8,11-12,16H,9-10H2,1-2H3/b7-6+. The molecule has 1 aromatic carbocycles. The second kappa shape index (κ2) is 6.49. The van der Waals surface area contributed by atoms with Gasteiger partial charge in [0.15, 0.2) is 0 Å². The van der Waals surface area contributed by atoms with E-state index in [2.05, 4.69) is 5.32 Å². The predicted octanol–water partition coefficient (Wildman–Crippen LogP) is 1.82. The van der Waals surface area contributed by atoms with Crippen LogP contribution in [0.5, 0.6) is 0 Å². The number of piperazine rings is 1. The molecule has 1 saturated heterocycles. The Morgan fingerprint density at radius 3 is 2.67 bits per heavy atom. The summed E-state index contributed by atoms with van der Waals surface area (Å²) < 4.78 is 0. The van der Waals surface area contributed by atoms with Crippen LogP contribution in [0.15, 0.2) is 30.3 Å². The van der Waals surface area contributed by atoms with Crippen LogP contribution in [-0.2, 0) is 4.79 Å². The Labute approximate surface area is 123 Å². The van der Waals surface area contributed by atoms with Gasteiger partial charge >= 0.3 is 0 Å². The van der Waals surface area contributed by atoms with E-state index in [-0.39, 0.29) is 23.7 Å². The number of non-ortho nitro benzene ring substituents is 1. The lowest BCUT2D eigenvalue weighted by atomic mass is 10.1. The van der Waals surface area contributed by atoms with Gasteiger partial charge in [-0.25, -0.2) is 0 Å². The molecule has 21 heavy (non-hydrogen) atoms. The van der Waals surface area contributed by atoms with Crippen molar-refractivity contribution < 1.29 is 9.72 Å². The number of rotatable bonds is 3. The average molecular weight is 289 g/mol. The minimum Gasteiger partial charge on any atom is -0.336 e. The molecule has 0 spiro atoms. The fourth-order valence-electron chi connectivity index (χ4n) is 2.52. The zero-order valence-corrected chi connectivity index (χ0v) is 12.2. The van der Waals surface area contributed by atoms with Crippen molar-refractivity contribution in [2.45, 2.75) is 25.9 Å². The Morgan fingerprint density at radius 1 is 1.38 bits per heavy atom. The Balaban J connectivity index is 2.05. The van der Waals surface area contributed by atoms with Crippen molar-refractivity contribution in [1.82, 2.24) is 10.2 Å². The number of amides is 1. The topological polar surface area (TPSA) is 75.5 Å². The van der Waals surface area contributed by atoms with Gasteiger partial charge in [-0.15, -0.1) is 0 Å². The van der Waals surface area contributed by atoms with E-state index in [1.165, 1.54) is 18.2 Å². The third-order valence-electron chi connectivity index (χ3n) is 3.37. The SMILES string of the molecule is CC1CN(C(=O)/C=C/c2cccc([N+](=O)[O-])c2)CC(C)N1. The lowest BCUT2D eigenvalue weighted by Gasteiger charge is -2.35. The monoisotopic (exact) mass is 289 g/mol. The van der Waals surface area contributed by atoms with Gasteiger partial charge in [0.25, 0.3) is 5.69 Å². The van der Waals surface area contributed by atoms with Crippen molar-refractivity contribution in [2.75, 3.05) is 13.1 Å². The van der Waals surface area contributed by atoms with Crippen LogP contribution in [0.25, 0.3) is 6.08 Å². The van der Waals surface area contributed by atoms with Crippen LogP contribution in [0.3, 0.4) is 0 Å². The van der Waals surface area contributed by atoms with Crippen LogP contribution in [0, 0.1) is 10.1 Å². The molecule has 1 N–H and O–H groups in total. The highest BCUT2D eigenvalue weighted by Crippen LogP contribution is 2.14. The molecule has 2 atom stereocenters. The highest BCUT2D eigenvalue weighted by atomic mass is 16.6. The third-order valence-corrected chi connectivity index (χ3v) is 3.37. The molecular formula is C15H19N3O3. The van der Waals surface area contributed by atoms with E-state index in [1.54, 1.807) is 23.1 Å². The Morgan fingerprint density at radius 2 is 2.05 bits per heavy atom. The molecule has 1 amide bonds. The van der Waals surface area contributed by atoms with Crippen molar-refractivity contribution in [1.29, 1.82) is 0 Å². The summed E-state index contributed by atoms with van der Waals surface area (Å²) in [6, 6.07) is 6.76. The van der Waals surface area contributed by atoms with Crippen molar-refractivity contribution in [2.24, 2.45) is 0 Å². The minimum atomic E-state index is -0.446. The first-order chi connectivity index (χ1) is 9.95. The molecule has 1 heterocycles. The number of nitrogens with zero attached hydrogens (tertiary/aromatic N) is 2. The Kier molecular flexibility index (Phi) is 4.70. The number of hydrogen-bond donors (Lipinski definition) is 1. The highest BCUT2D eigenvalue weighted by molar-refractivity contribution is 5.92. The van der Waals surface area contributed by atoms with Gasteiger partial charge in [0, 0.05) is 43.4 Å². The van der Waals surface area contributed by atoms with E-state index in [1.807, 2.05) is 13.8 Å². The summed E-state index contributed by atoms with van der Waals surface area (Å²) in [5.74, 6) is -0.0679. The summed E-state index contributed by atoms with van der Waals surface area (Å²) in [4.78, 5) is 24.2. The molecule has 1 aliphatic rings. The highest BCUT2D eigenvalue weighted by Gasteiger charge is 2.23. The normalized spacial score (nSPS) is 22.5. The van der Waals surface area contributed by atoms with E-state index in [0.717, 1.165) is 0 Å². The molecule has 112 valence electrons. The molecule has 1 fully saturated rings. The van der Waals surface area contributed by atoms with Gasteiger partial charge in [-0.2, -0.15) is 0 Å². The fourth-order valence-corrected chi connectivity index (χ4v) is 2.52. The van der Waals surface area contributed by atoms with Gasteiger partial charge in [0.2, 0.25) is 5.91 Å². The lowest BCUT2D eigenvalue weighted by Crippen LogP contribution is -2.55. The van der Waals surface area contributed by atoms with Crippen LogP contribution >= 0.6 is 0 Å². The van der Waals surface area contributed by atoms with E-state index >= 15 is 0 Å². The summed E-state index contributed by atoms with van der Waals surface area (Å²) in [5.41, 5.74) is 0.669. The van der Waals surface area contributed by atoms with Crippen molar-refractivity contribution in [3.63, 3.8) is 0 Å². The molecule has 6 nitrogen and oxygen atoms in total. The molecule has 2 rings (SSSR count). The number of hydrogen-bond acceptors (Lipinski definition) is 4. The van der Waals surface area contributed by atoms with Gasteiger partial charge in [0.05, 0.1) is 4.92 Å². The van der Waals surface area contributed by atoms with Crippen LogP contribution in [0.1, 0.15) is 19.4 Å². The summed E-state index contributed by atoms with van der Waals surface area (Å²) in [5, 5.41) is 14.1. The van der Waals surface area contributed by atoms with E-state index in [0.29, 0.717) is 18.7 Å². The summed E-state index contributed by atoms with van der Waals surface area (Å²) in [6.45, 7) is 5.42. The number of nitro benzene ring substituents is 1. The fraction of sp³-hybridized carbons (Fsp3) is 0.400. The third kappa shape index (κ3) is 4.13. The molecular weight excluding hydrogens is 270 g/mol. The molecule has 2 unspecified atom stereocenters. The molecule has 6 heteroatoms.